The van der Waals surface area contributed by atoms with Crippen molar-refractivity contribution in [2.24, 2.45) is 40.4 Å². The van der Waals surface area contributed by atoms with E-state index in [1.807, 2.05) is 6.92 Å². The Labute approximate surface area is 209 Å². The predicted molar refractivity (Wildman–Crippen MR) is 122 cm³/mol. The molecule has 4 aliphatic rings. The number of Topliss-reactive ketones (excluding diaryl/α,β-unsaturated/α-hetero) is 1. The van der Waals surface area contributed by atoms with Crippen LogP contribution >= 0.6 is 0 Å². The number of ketones is 2. The second kappa shape index (κ2) is 9.28. The molecule has 0 N–H and O–H groups in total. The van der Waals surface area contributed by atoms with E-state index in [4.69, 9.17) is 4.74 Å². The minimum absolute atomic E-state index is 0.0644. The van der Waals surface area contributed by atoms with Crippen LogP contribution in [-0.4, -0.2) is 35.8 Å². The number of rotatable bonds is 4. The largest absolute Gasteiger partial charge is 0.463 e. The topological polar surface area (TPSA) is 86.7 Å². The van der Waals surface area contributed by atoms with E-state index in [0.717, 1.165) is 32.6 Å². The molecule has 0 aromatic rings. The van der Waals surface area contributed by atoms with E-state index in [2.05, 4.69) is 11.7 Å². The number of halogens is 3. The quantitative estimate of drug-likeness (QED) is 0.287. The first-order valence-electron chi connectivity index (χ1n) is 12.9. The predicted octanol–water partition coefficient (Wildman–Crippen LogP) is 5.33. The maximum atomic E-state index is 13.7. The summed E-state index contributed by atoms with van der Waals surface area (Å²) in [4.78, 5) is 49.5. The highest BCUT2D eigenvalue weighted by Crippen LogP contribution is 2.66. The lowest BCUT2D eigenvalue weighted by atomic mass is 9.44. The summed E-state index contributed by atoms with van der Waals surface area (Å²) in [7, 11) is 0. The fraction of sp³-hybridized carbons (Fsp3) is 0.778. The standard InChI is InChI=1S/C27H35F3O6/c1-14(31)35-17-9-10-25(3)16(11-17)5-6-18-19-7-8-20(26(19,4)13-22(34)24(18)25)21(33)12-23(27(28,29)30)36-15(2)32/h12,16-20,24H,5-11,13H2,1-4H3/b23-12+/t16-,17-,18+,19+,20-,24-,25+,26+/m1/s1. The van der Waals surface area contributed by atoms with Gasteiger partial charge in [-0.3, -0.25) is 19.2 Å². The normalized spacial score (nSPS) is 40.5. The number of esters is 2. The molecule has 200 valence electrons. The lowest BCUT2D eigenvalue weighted by molar-refractivity contribution is -0.169. The molecule has 0 saturated heterocycles. The Kier molecular flexibility index (Phi) is 6.92. The van der Waals surface area contributed by atoms with Crippen molar-refractivity contribution < 1.29 is 41.8 Å². The Balaban J connectivity index is 1.57. The summed E-state index contributed by atoms with van der Waals surface area (Å²) < 4.78 is 49.9. The second-order valence-corrected chi connectivity index (χ2v) is 11.8. The van der Waals surface area contributed by atoms with E-state index >= 15 is 0 Å². The summed E-state index contributed by atoms with van der Waals surface area (Å²) in [6, 6.07) is 0. The van der Waals surface area contributed by atoms with E-state index in [1.165, 1.54) is 6.92 Å². The lowest BCUT2D eigenvalue weighted by Crippen LogP contribution is -2.58. The number of carbonyl (C=O) groups is 4. The maximum absolute atomic E-state index is 13.7. The molecule has 4 rings (SSSR count). The third kappa shape index (κ3) is 4.62. The van der Waals surface area contributed by atoms with E-state index < -0.39 is 35.0 Å². The summed E-state index contributed by atoms with van der Waals surface area (Å²) >= 11 is 0. The Morgan fingerprint density at radius 1 is 0.972 bits per heavy atom. The van der Waals surface area contributed by atoms with Gasteiger partial charge in [-0.1, -0.05) is 13.8 Å². The van der Waals surface area contributed by atoms with E-state index in [0.29, 0.717) is 25.3 Å². The molecular formula is C27H35F3O6. The van der Waals surface area contributed by atoms with Crippen molar-refractivity contribution in [1.29, 1.82) is 0 Å². The molecule has 36 heavy (non-hydrogen) atoms. The minimum atomic E-state index is -4.97. The van der Waals surface area contributed by atoms with Crippen molar-refractivity contribution in [3.05, 3.63) is 11.8 Å². The van der Waals surface area contributed by atoms with Crippen LogP contribution in [0.1, 0.15) is 79.1 Å². The first-order chi connectivity index (χ1) is 16.7. The molecule has 0 heterocycles. The number of allylic oxidation sites excluding steroid dienone is 2. The van der Waals surface area contributed by atoms with Gasteiger partial charge in [0.2, 0.25) is 5.76 Å². The summed E-state index contributed by atoms with van der Waals surface area (Å²) in [5.74, 6) is -4.15. The van der Waals surface area contributed by atoms with Crippen LogP contribution in [0, 0.1) is 40.4 Å². The molecule has 4 fully saturated rings. The number of hydrogen-bond acceptors (Lipinski definition) is 6. The van der Waals surface area contributed by atoms with Crippen LogP contribution in [0.4, 0.5) is 13.2 Å². The highest BCUT2D eigenvalue weighted by molar-refractivity contribution is 5.95. The third-order valence-electron chi connectivity index (χ3n) is 9.78. The fourth-order valence-corrected chi connectivity index (χ4v) is 8.40. The van der Waals surface area contributed by atoms with E-state index in [-0.39, 0.29) is 53.4 Å². The molecule has 0 aromatic heterocycles. The van der Waals surface area contributed by atoms with Gasteiger partial charge < -0.3 is 9.47 Å². The number of fused-ring (bicyclic) bond motifs is 5. The molecular weight excluding hydrogens is 477 g/mol. The monoisotopic (exact) mass is 512 g/mol. The van der Waals surface area contributed by atoms with Crippen LogP contribution in [0.15, 0.2) is 11.8 Å². The zero-order valence-corrected chi connectivity index (χ0v) is 21.3. The van der Waals surface area contributed by atoms with Gasteiger partial charge in [0.1, 0.15) is 11.9 Å². The smallest absolute Gasteiger partial charge is 0.449 e. The summed E-state index contributed by atoms with van der Waals surface area (Å²) in [6.07, 6.45) is 0.540. The van der Waals surface area contributed by atoms with Gasteiger partial charge in [-0.25, -0.2) is 0 Å². The molecule has 9 heteroatoms. The van der Waals surface area contributed by atoms with Crippen LogP contribution in [0.3, 0.4) is 0 Å². The van der Waals surface area contributed by atoms with E-state index in [9.17, 15) is 32.3 Å². The second-order valence-electron chi connectivity index (χ2n) is 11.8. The fourth-order valence-electron chi connectivity index (χ4n) is 8.40. The molecule has 0 amide bonds. The van der Waals surface area contributed by atoms with Crippen molar-refractivity contribution in [2.75, 3.05) is 0 Å². The first kappa shape index (κ1) is 26.9. The Morgan fingerprint density at radius 2 is 1.67 bits per heavy atom. The molecule has 0 unspecified atom stereocenters. The Morgan fingerprint density at radius 3 is 2.28 bits per heavy atom. The molecule has 0 spiro atoms. The summed E-state index contributed by atoms with van der Waals surface area (Å²) in [5, 5.41) is 0. The SMILES string of the molecule is CC(=O)O/C(=C/C(=O)[C@H]1CC[C@H]2[C@@H]3CC[C@@H]4C[C@H](OC(C)=O)CC[C@]4(C)[C@H]3C(=O)C[C@]12C)C(F)(F)F. The Hall–Kier alpha value is -2.19. The van der Waals surface area contributed by atoms with Crippen LogP contribution in [0.25, 0.3) is 0 Å². The number of carbonyl (C=O) groups excluding carboxylic acids is 4. The van der Waals surface area contributed by atoms with Crippen molar-refractivity contribution >= 4 is 23.5 Å². The van der Waals surface area contributed by atoms with Crippen molar-refractivity contribution in [2.45, 2.75) is 91.3 Å². The summed E-state index contributed by atoms with van der Waals surface area (Å²) in [5.41, 5.74) is -0.935. The van der Waals surface area contributed by atoms with Gasteiger partial charge in [0.15, 0.2) is 5.78 Å². The minimum Gasteiger partial charge on any atom is -0.463 e. The average molecular weight is 513 g/mol. The summed E-state index contributed by atoms with van der Waals surface area (Å²) in [6.45, 7) is 6.31. The van der Waals surface area contributed by atoms with Crippen molar-refractivity contribution in [3.8, 4) is 0 Å². The highest BCUT2D eigenvalue weighted by Gasteiger charge is 2.64. The van der Waals surface area contributed by atoms with Gasteiger partial charge in [-0.15, -0.1) is 0 Å². The maximum Gasteiger partial charge on any atom is 0.449 e. The van der Waals surface area contributed by atoms with Crippen molar-refractivity contribution in [3.63, 3.8) is 0 Å². The third-order valence-corrected chi connectivity index (χ3v) is 9.78. The molecule has 0 bridgehead atoms. The van der Waals surface area contributed by atoms with Gasteiger partial charge in [0.25, 0.3) is 0 Å². The average Bonchev–Trinajstić information content (AvgIpc) is 3.08. The van der Waals surface area contributed by atoms with E-state index in [1.54, 1.807) is 0 Å². The Bertz CT molecular complexity index is 986. The molecule has 8 atom stereocenters. The van der Waals surface area contributed by atoms with Crippen LogP contribution in [0.2, 0.25) is 0 Å². The zero-order valence-electron chi connectivity index (χ0n) is 21.3. The number of ether oxygens (including phenoxy) is 2. The van der Waals surface area contributed by atoms with Gasteiger partial charge in [-0.2, -0.15) is 13.2 Å². The molecule has 4 aliphatic carbocycles. The lowest BCUT2D eigenvalue weighted by Gasteiger charge is -2.59. The van der Waals surface area contributed by atoms with Crippen LogP contribution in [-0.2, 0) is 28.7 Å². The molecule has 6 nitrogen and oxygen atoms in total. The molecule has 4 saturated carbocycles. The highest BCUT2D eigenvalue weighted by atomic mass is 19.4. The number of hydrogen-bond donors (Lipinski definition) is 0. The van der Waals surface area contributed by atoms with Gasteiger partial charge in [0.05, 0.1) is 0 Å². The molecule has 0 radical (unpaired) electrons. The van der Waals surface area contributed by atoms with Crippen LogP contribution < -0.4 is 0 Å². The first-order valence-corrected chi connectivity index (χ1v) is 12.9. The van der Waals surface area contributed by atoms with Crippen LogP contribution in [0.5, 0.6) is 0 Å². The van der Waals surface area contributed by atoms with Gasteiger partial charge in [0, 0.05) is 38.2 Å². The zero-order chi connectivity index (χ0) is 26.6. The molecule has 0 aliphatic heterocycles. The van der Waals surface area contributed by atoms with Crippen molar-refractivity contribution in [1.82, 2.24) is 0 Å². The molecule has 0 aromatic carbocycles. The van der Waals surface area contributed by atoms with Gasteiger partial charge in [-0.05, 0) is 73.5 Å². The van der Waals surface area contributed by atoms with Gasteiger partial charge >= 0.3 is 18.1 Å². The number of alkyl halides is 3.